The first-order chi connectivity index (χ1) is 7.79. The number of rotatable bonds is 4. The van der Waals surface area contributed by atoms with Gasteiger partial charge in [0.25, 0.3) is 0 Å². The molecule has 1 aromatic rings. The molecule has 1 saturated heterocycles. The Labute approximate surface area is 94.2 Å². The van der Waals surface area contributed by atoms with Crippen molar-refractivity contribution in [3.63, 3.8) is 0 Å². The second-order valence-electron chi connectivity index (χ2n) is 4.03. The minimum atomic E-state index is 0.120. The minimum absolute atomic E-state index is 0.120. The topological polar surface area (TPSA) is 65.2 Å². The molecule has 0 amide bonds. The summed E-state index contributed by atoms with van der Waals surface area (Å²) in [5, 5.41) is 3.91. The quantitative estimate of drug-likeness (QED) is 0.775. The molecule has 5 heteroatoms. The number of aromatic nitrogens is 2. The van der Waals surface area contributed by atoms with Crippen LogP contribution in [-0.4, -0.2) is 29.1 Å². The number of carbonyl (C=O) groups is 1. The standard InChI is InChI=1S/C11H16N2O3/c1-2-9(14)6-10-12-11(13-16-10)8-4-3-5-15-7-8/h8H,2-7H2,1H3. The predicted octanol–water partition coefficient (Wildman–Crippen LogP) is 1.49. The molecule has 0 aromatic carbocycles. The molecule has 1 aromatic heterocycles. The molecule has 0 aliphatic carbocycles. The number of Topliss-reactive ketones (excluding diaryl/α,β-unsaturated/α-hetero) is 1. The summed E-state index contributed by atoms with van der Waals surface area (Å²) in [6, 6.07) is 0. The van der Waals surface area contributed by atoms with Gasteiger partial charge in [-0.05, 0) is 12.8 Å². The van der Waals surface area contributed by atoms with Crippen LogP contribution in [0.4, 0.5) is 0 Å². The number of ether oxygens (including phenoxy) is 1. The molecule has 2 heterocycles. The highest BCUT2D eigenvalue weighted by molar-refractivity contribution is 5.79. The van der Waals surface area contributed by atoms with Crippen LogP contribution in [0.3, 0.4) is 0 Å². The van der Waals surface area contributed by atoms with Gasteiger partial charge < -0.3 is 9.26 Å². The van der Waals surface area contributed by atoms with Gasteiger partial charge in [0.1, 0.15) is 5.78 Å². The first-order valence-corrected chi connectivity index (χ1v) is 5.71. The van der Waals surface area contributed by atoms with Gasteiger partial charge in [0.05, 0.1) is 13.0 Å². The second kappa shape index (κ2) is 5.21. The summed E-state index contributed by atoms with van der Waals surface area (Å²) in [7, 11) is 0. The Morgan fingerprint density at radius 1 is 1.56 bits per heavy atom. The molecule has 1 fully saturated rings. The lowest BCUT2D eigenvalue weighted by molar-refractivity contribution is -0.118. The first-order valence-electron chi connectivity index (χ1n) is 5.71. The summed E-state index contributed by atoms with van der Waals surface area (Å²) in [6.07, 6.45) is 2.81. The van der Waals surface area contributed by atoms with Gasteiger partial charge in [-0.15, -0.1) is 0 Å². The monoisotopic (exact) mass is 224 g/mol. The van der Waals surface area contributed by atoms with Crippen molar-refractivity contribution < 1.29 is 14.1 Å². The summed E-state index contributed by atoms with van der Waals surface area (Å²) in [4.78, 5) is 15.5. The SMILES string of the molecule is CCC(=O)Cc1nc(C2CCCOC2)no1. The van der Waals surface area contributed by atoms with Crippen LogP contribution in [0.2, 0.25) is 0 Å². The zero-order chi connectivity index (χ0) is 11.4. The highest BCUT2D eigenvalue weighted by Gasteiger charge is 2.21. The summed E-state index contributed by atoms with van der Waals surface area (Å²) in [6.45, 7) is 3.30. The van der Waals surface area contributed by atoms with Crippen LogP contribution in [0, 0.1) is 0 Å². The molecule has 0 radical (unpaired) electrons. The molecule has 1 aliphatic heterocycles. The molecule has 1 unspecified atom stereocenters. The van der Waals surface area contributed by atoms with Crippen molar-refractivity contribution in [1.82, 2.24) is 10.1 Å². The lowest BCUT2D eigenvalue weighted by Gasteiger charge is -2.18. The van der Waals surface area contributed by atoms with Crippen molar-refractivity contribution in [2.24, 2.45) is 0 Å². The molecule has 0 saturated carbocycles. The third-order valence-corrected chi connectivity index (χ3v) is 2.75. The van der Waals surface area contributed by atoms with Gasteiger partial charge in [-0.1, -0.05) is 12.1 Å². The van der Waals surface area contributed by atoms with E-state index in [9.17, 15) is 4.79 Å². The molecule has 88 valence electrons. The van der Waals surface area contributed by atoms with Gasteiger partial charge >= 0.3 is 0 Å². The zero-order valence-electron chi connectivity index (χ0n) is 9.44. The van der Waals surface area contributed by atoms with E-state index in [1.807, 2.05) is 6.92 Å². The van der Waals surface area contributed by atoms with Crippen LogP contribution < -0.4 is 0 Å². The molecular weight excluding hydrogens is 208 g/mol. The normalized spacial score (nSPS) is 20.9. The van der Waals surface area contributed by atoms with E-state index in [-0.39, 0.29) is 18.1 Å². The largest absolute Gasteiger partial charge is 0.381 e. The second-order valence-corrected chi connectivity index (χ2v) is 4.03. The van der Waals surface area contributed by atoms with Gasteiger partial charge in [-0.2, -0.15) is 4.98 Å². The van der Waals surface area contributed by atoms with Gasteiger partial charge in [0, 0.05) is 18.9 Å². The third-order valence-electron chi connectivity index (χ3n) is 2.75. The van der Waals surface area contributed by atoms with Crippen molar-refractivity contribution in [1.29, 1.82) is 0 Å². The Hall–Kier alpha value is -1.23. The fourth-order valence-corrected chi connectivity index (χ4v) is 1.74. The fourth-order valence-electron chi connectivity index (χ4n) is 1.74. The third kappa shape index (κ3) is 2.66. The van der Waals surface area contributed by atoms with E-state index in [2.05, 4.69) is 10.1 Å². The van der Waals surface area contributed by atoms with E-state index >= 15 is 0 Å². The Balaban J connectivity index is 1.98. The van der Waals surface area contributed by atoms with Gasteiger partial charge in [-0.3, -0.25) is 4.79 Å². The van der Waals surface area contributed by atoms with Gasteiger partial charge in [-0.25, -0.2) is 0 Å². The number of carbonyl (C=O) groups excluding carboxylic acids is 1. The Kier molecular flexibility index (Phi) is 3.66. The molecule has 2 rings (SSSR count). The van der Waals surface area contributed by atoms with Crippen LogP contribution >= 0.6 is 0 Å². The maximum absolute atomic E-state index is 11.2. The maximum Gasteiger partial charge on any atom is 0.234 e. The van der Waals surface area contributed by atoms with Gasteiger partial charge in [0.2, 0.25) is 5.89 Å². The first kappa shape index (κ1) is 11.3. The Morgan fingerprint density at radius 3 is 3.12 bits per heavy atom. The predicted molar refractivity (Wildman–Crippen MR) is 56.1 cm³/mol. The van der Waals surface area contributed by atoms with Crippen LogP contribution in [0.1, 0.15) is 43.8 Å². The molecule has 0 N–H and O–H groups in total. The van der Waals surface area contributed by atoms with E-state index < -0.39 is 0 Å². The summed E-state index contributed by atoms with van der Waals surface area (Å²) < 4.78 is 10.4. The van der Waals surface area contributed by atoms with Crippen LogP contribution in [0.15, 0.2) is 4.52 Å². The molecular formula is C11H16N2O3. The number of hydrogen-bond donors (Lipinski definition) is 0. The molecule has 1 atom stereocenters. The summed E-state index contributed by atoms with van der Waals surface area (Å²) in [5.74, 6) is 1.45. The van der Waals surface area contributed by atoms with Gasteiger partial charge in [0.15, 0.2) is 5.82 Å². The highest BCUT2D eigenvalue weighted by atomic mass is 16.5. The van der Waals surface area contributed by atoms with Crippen molar-refractivity contribution >= 4 is 5.78 Å². The summed E-state index contributed by atoms with van der Waals surface area (Å²) >= 11 is 0. The number of ketones is 1. The van der Waals surface area contributed by atoms with Crippen molar-refractivity contribution in [3.8, 4) is 0 Å². The van der Waals surface area contributed by atoms with E-state index in [0.717, 1.165) is 19.4 Å². The lowest BCUT2D eigenvalue weighted by atomic mass is 10.0. The maximum atomic E-state index is 11.2. The highest BCUT2D eigenvalue weighted by Crippen LogP contribution is 2.22. The average molecular weight is 224 g/mol. The minimum Gasteiger partial charge on any atom is -0.381 e. The lowest BCUT2D eigenvalue weighted by Crippen LogP contribution is -2.16. The molecule has 1 aliphatic rings. The van der Waals surface area contributed by atoms with E-state index in [1.54, 1.807) is 0 Å². The van der Waals surface area contributed by atoms with E-state index in [1.165, 1.54) is 0 Å². The molecule has 0 bridgehead atoms. The van der Waals surface area contributed by atoms with Crippen molar-refractivity contribution in [2.45, 2.75) is 38.5 Å². The van der Waals surface area contributed by atoms with Crippen LogP contribution in [0.5, 0.6) is 0 Å². The van der Waals surface area contributed by atoms with Crippen molar-refractivity contribution in [2.75, 3.05) is 13.2 Å². The smallest absolute Gasteiger partial charge is 0.234 e. The Morgan fingerprint density at radius 2 is 2.44 bits per heavy atom. The fraction of sp³-hybridized carbons (Fsp3) is 0.727. The molecule has 16 heavy (non-hydrogen) atoms. The zero-order valence-corrected chi connectivity index (χ0v) is 9.44. The molecule has 0 spiro atoms. The number of hydrogen-bond acceptors (Lipinski definition) is 5. The van der Waals surface area contributed by atoms with Crippen LogP contribution in [-0.2, 0) is 16.0 Å². The van der Waals surface area contributed by atoms with Crippen molar-refractivity contribution in [3.05, 3.63) is 11.7 Å². The Bertz CT molecular complexity index is 356. The number of nitrogens with zero attached hydrogens (tertiary/aromatic N) is 2. The summed E-state index contributed by atoms with van der Waals surface area (Å²) in [5.41, 5.74) is 0. The van der Waals surface area contributed by atoms with E-state index in [0.29, 0.717) is 24.7 Å². The molecule has 5 nitrogen and oxygen atoms in total. The van der Waals surface area contributed by atoms with Crippen LogP contribution in [0.25, 0.3) is 0 Å². The average Bonchev–Trinajstić information content (AvgIpc) is 2.78. The van der Waals surface area contributed by atoms with E-state index in [4.69, 9.17) is 9.26 Å².